The van der Waals surface area contributed by atoms with E-state index in [1.54, 1.807) is 25.9 Å². The van der Waals surface area contributed by atoms with E-state index in [-0.39, 0.29) is 0 Å². The van der Waals surface area contributed by atoms with Crippen molar-refractivity contribution in [2.24, 2.45) is 0 Å². The molecule has 1 aliphatic carbocycles. The van der Waals surface area contributed by atoms with E-state index in [1.807, 2.05) is 6.26 Å². The van der Waals surface area contributed by atoms with E-state index < -0.39 is 10.2 Å². The summed E-state index contributed by atoms with van der Waals surface area (Å²) in [5, 5.41) is 3.39. The minimum Gasteiger partial charge on any atom is -0.314 e. The summed E-state index contributed by atoms with van der Waals surface area (Å²) in [4.78, 5) is 0. The fourth-order valence-electron chi connectivity index (χ4n) is 1.58. The molecular formula is C11H25N3O2S2. The summed E-state index contributed by atoms with van der Waals surface area (Å²) in [6.45, 7) is 2.04. The molecule has 0 bridgehead atoms. The zero-order valence-electron chi connectivity index (χ0n) is 11.6. The Labute approximate surface area is 115 Å². The predicted octanol–water partition coefficient (Wildman–Crippen LogP) is 0.600. The van der Waals surface area contributed by atoms with E-state index in [1.165, 1.54) is 21.5 Å². The Morgan fingerprint density at radius 2 is 1.83 bits per heavy atom. The average Bonchev–Trinajstić information content (AvgIpc) is 3.15. The molecule has 1 aliphatic rings. The largest absolute Gasteiger partial charge is 0.314 e. The first kappa shape index (κ1) is 16.2. The van der Waals surface area contributed by atoms with Gasteiger partial charge in [0.15, 0.2) is 0 Å². The third-order valence-corrected chi connectivity index (χ3v) is 5.59. The van der Waals surface area contributed by atoms with Gasteiger partial charge in [0.05, 0.1) is 0 Å². The molecule has 1 rings (SSSR count). The van der Waals surface area contributed by atoms with Crippen molar-refractivity contribution in [3.8, 4) is 0 Å². The topological polar surface area (TPSA) is 52.7 Å². The molecule has 0 aromatic carbocycles. The van der Waals surface area contributed by atoms with E-state index in [0.29, 0.717) is 19.1 Å². The van der Waals surface area contributed by atoms with Crippen LogP contribution in [0.2, 0.25) is 0 Å². The zero-order valence-corrected chi connectivity index (χ0v) is 13.2. The molecule has 0 aromatic rings. The molecule has 1 saturated carbocycles. The number of thioether (sulfide) groups is 1. The van der Waals surface area contributed by atoms with Gasteiger partial charge in [0.2, 0.25) is 0 Å². The van der Waals surface area contributed by atoms with E-state index in [0.717, 1.165) is 18.7 Å². The van der Waals surface area contributed by atoms with E-state index in [4.69, 9.17) is 0 Å². The second-order valence-electron chi connectivity index (χ2n) is 4.73. The SMILES string of the molecule is CSCCN(C)S(=O)(=O)N(C)CCCNC1CC1. The minimum absolute atomic E-state index is 0.564. The molecule has 18 heavy (non-hydrogen) atoms. The maximum atomic E-state index is 12.1. The average molecular weight is 295 g/mol. The van der Waals surface area contributed by atoms with E-state index >= 15 is 0 Å². The molecule has 1 N–H and O–H groups in total. The molecule has 0 unspecified atom stereocenters. The highest BCUT2D eigenvalue weighted by Gasteiger charge is 2.23. The highest BCUT2D eigenvalue weighted by Crippen LogP contribution is 2.18. The van der Waals surface area contributed by atoms with Gasteiger partial charge >= 0.3 is 0 Å². The number of hydrogen-bond donors (Lipinski definition) is 1. The summed E-state index contributed by atoms with van der Waals surface area (Å²) in [5.41, 5.74) is 0. The molecule has 0 spiro atoms. The zero-order chi connectivity index (χ0) is 13.6. The monoisotopic (exact) mass is 295 g/mol. The lowest BCUT2D eigenvalue weighted by Gasteiger charge is -2.24. The van der Waals surface area contributed by atoms with Gasteiger partial charge in [0.25, 0.3) is 10.2 Å². The molecule has 0 heterocycles. The van der Waals surface area contributed by atoms with Crippen LogP contribution in [0.15, 0.2) is 0 Å². The van der Waals surface area contributed by atoms with Crippen LogP contribution in [0.4, 0.5) is 0 Å². The standard InChI is InChI=1S/C11H25N3O2S2/c1-13(8-4-7-12-11-5-6-11)18(15,16)14(2)9-10-17-3/h11-12H,4-10H2,1-3H3. The summed E-state index contributed by atoms with van der Waals surface area (Å²) in [7, 11) is 0.0274. The van der Waals surface area contributed by atoms with Gasteiger partial charge in [-0.1, -0.05) is 0 Å². The quantitative estimate of drug-likeness (QED) is 0.600. The highest BCUT2D eigenvalue weighted by molar-refractivity contribution is 7.98. The van der Waals surface area contributed by atoms with Gasteiger partial charge in [-0.15, -0.1) is 0 Å². The van der Waals surface area contributed by atoms with E-state index in [9.17, 15) is 8.42 Å². The van der Waals surface area contributed by atoms with Crippen molar-refractivity contribution in [2.75, 3.05) is 45.7 Å². The molecule has 0 atom stereocenters. The maximum Gasteiger partial charge on any atom is 0.281 e. The second kappa shape index (κ2) is 7.69. The number of rotatable bonds is 10. The first-order valence-corrected chi connectivity index (χ1v) is 9.17. The fraction of sp³-hybridized carbons (Fsp3) is 1.00. The van der Waals surface area contributed by atoms with Gasteiger partial charge in [0, 0.05) is 39.0 Å². The van der Waals surface area contributed by atoms with Gasteiger partial charge < -0.3 is 5.32 Å². The molecule has 0 aliphatic heterocycles. The van der Waals surface area contributed by atoms with Crippen LogP contribution in [0.25, 0.3) is 0 Å². The van der Waals surface area contributed by atoms with Crippen molar-refractivity contribution in [3.63, 3.8) is 0 Å². The summed E-state index contributed by atoms with van der Waals surface area (Å²) in [5.74, 6) is 0.826. The van der Waals surface area contributed by atoms with Crippen molar-refractivity contribution in [1.82, 2.24) is 13.9 Å². The van der Waals surface area contributed by atoms with Crippen LogP contribution in [0.5, 0.6) is 0 Å². The molecular weight excluding hydrogens is 270 g/mol. The Morgan fingerprint density at radius 1 is 1.22 bits per heavy atom. The number of nitrogens with one attached hydrogen (secondary N) is 1. The lowest BCUT2D eigenvalue weighted by atomic mass is 10.4. The smallest absolute Gasteiger partial charge is 0.281 e. The third kappa shape index (κ3) is 5.44. The first-order valence-electron chi connectivity index (χ1n) is 6.38. The third-order valence-electron chi connectivity index (χ3n) is 3.06. The number of hydrogen-bond acceptors (Lipinski definition) is 4. The van der Waals surface area contributed by atoms with Crippen LogP contribution in [0.3, 0.4) is 0 Å². The summed E-state index contributed by atoms with van der Waals surface area (Å²) >= 11 is 1.65. The van der Waals surface area contributed by atoms with Crippen molar-refractivity contribution >= 4 is 22.0 Å². The summed E-state index contributed by atoms with van der Waals surface area (Å²) < 4.78 is 27.1. The lowest BCUT2D eigenvalue weighted by Crippen LogP contribution is -2.41. The van der Waals surface area contributed by atoms with Crippen LogP contribution in [0, 0.1) is 0 Å². The Balaban J connectivity index is 2.25. The first-order chi connectivity index (χ1) is 8.48. The molecule has 7 heteroatoms. The van der Waals surface area contributed by atoms with Crippen LogP contribution >= 0.6 is 11.8 Å². The molecule has 5 nitrogen and oxygen atoms in total. The minimum atomic E-state index is -3.27. The number of nitrogens with zero attached hydrogens (tertiary/aromatic N) is 2. The van der Waals surface area contributed by atoms with Crippen molar-refractivity contribution < 1.29 is 8.42 Å². The normalized spacial score (nSPS) is 16.7. The molecule has 108 valence electrons. The van der Waals surface area contributed by atoms with Crippen LogP contribution < -0.4 is 5.32 Å². The van der Waals surface area contributed by atoms with Gasteiger partial charge in [-0.05, 0) is 32.1 Å². The Bertz CT molecular complexity index is 331. The molecule has 0 aromatic heterocycles. The fourth-order valence-corrected chi connectivity index (χ4v) is 3.31. The lowest BCUT2D eigenvalue weighted by molar-refractivity contribution is 0.395. The van der Waals surface area contributed by atoms with E-state index in [2.05, 4.69) is 5.32 Å². The van der Waals surface area contributed by atoms with Gasteiger partial charge in [0.1, 0.15) is 0 Å². The Morgan fingerprint density at radius 3 is 2.39 bits per heavy atom. The van der Waals surface area contributed by atoms with Gasteiger partial charge in [-0.2, -0.15) is 28.8 Å². The highest BCUT2D eigenvalue weighted by atomic mass is 32.2. The van der Waals surface area contributed by atoms with Crippen LogP contribution in [-0.2, 0) is 10.2 Å². The maximum absolute atomic E-state index is 12.1. The summed E-state index contributed by atoms with van der Waals surface area (Å²) in [6, 6.07) is 0.691. The Hall–Kier alpha value is 0.180. The predicted molar refractivity (Wildman–Crippen MR) is 78.2 cm³/mol. The molecule has 0 amide bonds. The van der Waals surface area contributed by atoms with Crippen LogP contribution in [-0.4, -0.2) is 68.8 Å². The van der Waals surface area contributed by atoms with Crippen molar-refractivity contribution in [2.45, 2.75) is 25.3 Å². The van der Waals surface area contributed by atoms with Crippen LogP contribution in [0.1, 0.15) is 19.3 Å². The van der Waals surface area contributed by atoms with Gasteiger partial charge in [-0.3, -0.25) is 0 Å². The van der Waals surface area contributed by atoms with Crippen molar-refractivity contribution in [3.05, 3.63) is 0 Å². The summed E-state index contributed by atoms with van der Waals surface area (Å²) in [6.07, 6.45) is 5.38. The molecule has 0 saturated heterocycles. The second-order valence-corrected chi connectivity index (χ2v) is 7.85. The van der Waals surface area contributed by atoms with Crippen molar-refractivity contribution in [1.29, 1.82) is 0 Å². The Kier molecular flexibility index (Phi) is 6.94. The molecule has 1 fully saturated rings. The van der Waals surface area contributed by atoms with Gasteiger partial charge in [-0.25, -0.2) is 0 Å². The molecule has 0 radical (unpaired) electrons.